The third-order valence-electron chi connectivity index (χ3n) is 0.686. The number of halogens is 1. The molecule has 2 nitrogen and oxygen atoms in total. The van der Waals surface area contributed by atoms with Crippen molar-refractivity contribution in [3.05, 3.63) is 24.8 Å². The summed E-state index contributed by atoms with van der Waals surface area (Å²) in [5.74, 6) is -0.0658. The van der Waals surface area contributed by atoms with Gasteiger partial charge >= 0.3 is 5.97 Å². The normalized spacial score (nSPS) is 9.70. The van der Waals surface area contributed by atoms with E-state index in [2.05, 4.69) is 11.3 Å². The third-order valence-corrected chi connectivity index (χ3v) is 0.865. The van der Waals surface area contributed by atoms with Crippen molar-refractivity contribution in [1.82, 2.24) is 0 Å². The molecular formula is C7H9ClO2. The molecule has 0 bridgehead atoms. The number of alkyl halides is 1. The first-order valence-electron chi connectivity index (χ1n) is 2.81. The molecule has 0 aliphatic carbocycles. The van der Waals surface area contributed by atoms with E-state index in [0.717, 1.165) is 0 Å². The van der Waals surface area contributed by atoms with Crippen LogP contribution < -0.4 is 0 Å². The van der Waals surface area contributed by atoms with Crippen molar-refractivity contribution in [2.45, 2.75) is 0 Å². The maximum Gasteiger partial charge on any atom is 0.330 e. The van der Waals surface area contributed by atoms with Crippen LogP contribution in [0.15, 0.2) is 24.8 Å². The molecule has 3 heteroatoms. The smallest absolute Gasteiger partial charge is 0.330 e. The van der Waals surface area contributed by atoms with Crippen molar-refractivity contribution in [2.24, 2.45) is 0 Å². The average molecular weight is 161 g/mol. The summed E-state index contributed by atoms with van der Waals surface area (Å²) in [5, 5.41) is 0. The summed E-state index contributed by atoms with van der Waals surface area (Å²) in [4.78, 5) is 10.5. The van der Waals surface area contributed by atoms with Crippen LogP contribution in [0, 0.1) is 0 Å². The molecule has 0 spiro atoms. The van der Waals surface area contributed by atoms with E-state index in [9.17, 15) is 4.79 Å². The lowest BCUT2D eigenvalue weighted by molar-refractivity contribution is -0.136. The molecule has 0 atom stereocenters. The predicted molar refractivity (Wildman–Crippen MR) is 41.0 cm³/mol. The SMILES string of the molecule is C=CCOC(=O)/C=C/CCl. The molecule has 0 aromatic carbocycles. The second kappa shape index (κ2) is 6.36. The van der Waals surface area contributed by atoms with Crippen LogP contribution in [0.5, 0.6) is 0 Å². The van der Waals surface area contributed by atoms with E-state index in [1.165, 1.54) is 18.2 Å². The number of carbonyl (C=O) groups excluding carboxylic acids is 1. The van der Waals surface area contributed by atoms with Crippen LogP contribution in [0.25, 0.3) is 0 Å². The van der Waals surface area contributed by atoms with Crippen molar-refractivity contribution in [2.75, 3.05) is 12.5 Å². The van der Waals surface area contributed by atoms with E-state index in [4.69, 9.17) is 11.6 Å². The van der Waals surface area contributed by atoms with Crippen LogP contribution in [-0.4, -0.2) is 18.5 Å². The molecule has 0 N–H and O–H groups in total. The maximum atomic E-state index is 10.5. The lowest BCUT2D eigenvalue weighted by Crippen LogP contribution is -1.99. The van der Waals surface area contributed by atoms with E-state index in [0.29, 0.717) is 5.88 Å². The highest BCUT2D eigenvalue weighted by molar-refractivity contribution is 6.19. The zero-order valence-corrected chi connectivity index (χ0v) is 6.30. The molecule has 0 aromatic rings. The molecule has 0 aromatic heterocycles. The number of hydrogen-bond acceptors (Lipinski definition) is 2. The molecule has 0 unspecified atom stereocenters. The van der Waals surface area contributed by atoms with Gasteiger partial charge in [-0.15, -0.1) is 11.6 Å². The van der Waals surface area contributed by atoms with E-state index in [-0.39, 0.29) is 12.6 Å². The summed E-state index contributed by atoms with van der Waals surface area (Å²) in [6.07, 6.45) is 4.32. The Kier molecular flexibility index (Phi) is 5.88. The van der Waals surface area contributed by atoms with Crippen LogP contribution in [0.3, 0.4) is 0 Å². The highest BCUT2D eigenvalue weighted by Gasteiger charge is 1.90. The average Bonchev–Trinajstić information content (AvgIpc) is 1.97. The summed E-state index contributed by atoms with van der Waals surface area (Å²) < 4.78 is 4.59. The lowest BCUT2D eigenvalue weighted by Gasteiger charge is -1.93. The summed E-state index contributed by atoms with van der Waals surface area (Å²) in [6.45, 7) is 3.63. The van der Waals surface area contributed by atoms with Gasteiger partial charge in [-0.25, -0.2) is 4.79 Å². The lowest BCUT2D eigenvalue weighted by atomic mass is 10.5. The van der Waals surface area contributed by atoms with Gasteiger partial charge in [0.1, 0.15) is 6.61 Å². The molecule has 0 aliphatic rings. The first-order valence-corrected chi connectivity index (χ1v) is 3.35. The van der Waals surface area contributed by atoms with Gasteiger partial charge in [-0.3, -0.25) is 0 Å². The Labute approximate surface area is 65.1 Å². The number of allylic oxidation sites excluding steroid dienone is 1. The molecule has 10 heavy (non-hydrogen) atoms. The topological polar surface area (TPSA) is 26.3 Å². The first-order chi connectivity index (χ1) is 4.81. The summed E-state index contributed by atoms with van der Waals surface area (Å²) >= 11 is 5.26. The monoisotopic (exact) mass is 160 g/mol. The van der Waals surface area contributed by atoms with E-state index >= 15 is 0 Å². The van der Waals surface area contributed by atoms with Crippen molar-refractivity contribution < 1.29 is 9.53 Å². The Bertz CT molecular complexity index is 141. The fourth-order valence-corrected chi connectivity index (χ4v) is 0.419. The van der Waals surface area contributed by atoms with Gasteiger partial charge in [0.2, 0.25) is 0 Å². The first kappa shape index (κ1) is 9.24. The Balaban J connectivity index is 3.43. The van der Waals surface area contributed by atoms with Gasteiger partial charge in [-0.2, -0.15) is 0 Å². The third kappa shape index (κ3) is 5.38. The van der Waals surface area contributed by atoms with Gasteiger partial charge in [0.15, 0.2) is 0 Å². The van der Waals surface area contributed by atoms with Gasteiger partial charge < -0.3 is 4.74 Å². The molecule has 0 saturated heterocycles. The highest BCUT2D eigenvalue weighted by Crippen LogP contribution is 1.83. The molecule has 56 valence electrons. The summed E-state index contributed by atoms with van der Waals surface area (Å²) in [6, 6.07) is 0. The largest absolute Gasteiger partial charge is 0.458 e. The summed E-state index contributed by atoms with van der Waals surface area (Å²) in [5.41, 5.74) is 0. The highest BCUT2D eigenvalue weighted by atomic mass is 35.5. The number of carbonyl (C=O) groups is 1. The van der Waals surface area contributed by atoms with Crippen molar-refractivity contribution >= 4 is 17.6 Å². The maximum absolute atomic E-state index is 10.5. The van der Waals surface area contributed by atoms with Gasteiger partial charge in [0.25, 0.3) is 0 Å². The molecule has 0 fully saturated rings. The van der Waals surface area contributed by atoms with Crippen LogP contribution in [0.1, 0.15) is 0 Å². The Hall–Kier alpha value is -0.760. The van der Waals surface area contributed by atoms with Crippen molar-refractivity contribution in [3.63, 3.8) is 0 Å². The van der Waals surface area contributed by atoms with Gasteiger partial charge in [-0.05, 0) is 0 Å². The molecule has 0 aliphatic heterocycles. The van der Waals surface area contributed by atoms with Gasteiger partial charge in [0.05, 0.1) is 0 Å². The van der Waals surface area contributed by atoms with E-state index < -0.39 is 0 Å². The van der Waals surface area contributed by atoms with Crippen LogP contribution in [0.4, 0.5) is 0 Å². The minimum Gasteiger partial charge on any atom is -0.458 e. The van der Waals surface area contributed by atoms with Crippen LogP contribution in [-0.2, 0) is 9.53 Å². The molecular weight excluding hydrogens is 152 g/mol. The van der Waals surface area contributed by atoms with E-state index in [1.807, 2.05) is 0 Å². The minimum atomic E-state index is -0.388. The van der Waals surface area contributed by atoms with Crippen molar-refractivity contribution in [1.29, 1.82) is 0 Å². The number of rotatable bonds is 4. The van der Waals surface area contributed by atoms with E-state index in [1.54, 1.807) is 0 Å². The number of hydrogen-bond donors (Lipinski definition) is 0. The molecule has 0 saturated carbocycles. The minimum absolute atomic E-state index is 0.242. The number of esters is 1. The number of ether oxygens (including phenoxy) is 1. The molecule has 0 radical (unpaired) electrons. The zero-order chi connectivity index (χ0) is 7.82. The fraction of sp³-hybridized carbons (Fsp3) is 0.286. The van der Waals surface area contributed by atoms with Crippen LogP contribution >= 0.6 is 11.6 Å². The van der Waals surface area contributed by atoms with Gasteiger partial charge in [-0.1, -0.05) is 18.7 Å². The Morgan fingerprint density at radius 2 is 2.40 bits per heavy atom. The van der Waals surface area contributed by atoms with Crippen molar-refractivity contribution in [3.8, 4) is 0 Å². The second-order valence-electron chi connectivity index (χ2n) is 1.48. The Morgan fingerprint density at radius 1 is 1.70 bits per heavy atom. The van der Waals surface area contributed by atoms with Crippen LogP contribution in [0.2, 0.25) is 0 Å². The second-order valence-corrected chi connectivity index (χ2v) is 1.78. The Morgan fingerprint density at radius 3 is 2.90 bits per heavy atom. The molecule has 0 amide bonds. The molecule has 0 heterocycles. The zero-order valence-electron chi connectivity index (χ0n) is 5.55. The molecule has 0 rings (SSSR count). The fourth-order valence-electron chi connectivity index (χ4n) is 0.330. The quantitative estimate of drug-likeness (QED) is 0.270. The summed E-state index contributed by atoms with van der Waals surface area (Å²) in [7, 11) is 0. The van der Waals surface area contributed by atoms with Gasteiger partial charge in [0, 0.05) is 12.0 Å². The predicted octanol–water partition coefficient (Wildman–Crippen LogP) is 1.51. The standard InChI is InChI=1S/C7H9ClO2/c1-2-6-10-7(9)4-3-5-8/h2-4H,1,5-6H2/b4-3+.